The van der Waals surface area contributed by atoms with Crippen molar-refractivity contribution in [3.63, 3.8) is 0 Å². The molecule has 1 rings (SSSR count). The molecule has 1 heterocycles. The Balaban J connectivity index is 2.41. The predicted molar refractivity (Wildman–Crippen MR) is 53.7 cm³/mol. The maximum absolute atomic E-state index is 5.72. The Kier molecular flexibility index (Phi) is 3.14. The van der Waals surface area contributed by atoms with Crippen LogP contribution < -0.4 is 11.1 Å². The zero-order valence-corrected chi connectivity index (χ0v) is 8.63. The van der Waals surface area contributed by atoms with Gasteiger partial charge in [-0.25, -0.2) is 4.99 Å². The van der Waals surface area contributed by atoms with Gasteiger partial charge in [-0.3, -0.25) is 0 Å². The summed E-state index contributed by atoms with van der Waals surface area (Å²) in [6.07, 6.45) is 0.979. The number of hydrogen-bond donors (Lipinski definition) is 2. The first kappa shape index (κ1) is 10.3. The minimum Gasteiger partial charge on any atom is -0.379 e. The minimum atomic E-state index is -0.0208. The first-order valence-corrected chi connectivity index (χ1v) is 4.66. The number of guanidine groups is 1. The van der Waals surface area contributed by atoms with Gasteiger partial charge in [0.2, 0.25) is 0 Å². The van der Waals surface area contributed by atoms with E-state index in [4.69, 9.17) is 10.5 Å². The molecule has 4 nitrogen and oxygen atoms in total. The van der Waals surface area contributed by atoms with Crippen LogP contribution in [-0.2, 0) is 4.74 Å². The van der Waals surface area contributed by atoms with Crippen LogP contribution in [0.1, 0.15) is 27.2 Å². The van der Waals surface area contributed by atoms with Gasteiger partial charge in [0.1, 0.15) is 0 Å². The molecule has 0 aromatic carbocycles. The van der Waals surface area contributed by atoms with Gasteiger partial charge in [0, 0.05) is 12.1 Å². The fraction of sp³-hybridized carbons (Fsp3) is 0.889. The standard InChI is InChI=1S/C9H19N3O/c1-9(2,3)12-8(10)11-7-4-5-13-6-7/h7H,4-6H2,1-3H3,(H3,10,11,12). The molecule has 0 radical (unpaired) electrons. The van der Waals surface area contributed by atoms with Crippen molar-refractivity contribution in [3.05, 3.63) is 0 Å². The number of nitrogens with two attached hydrogens (primary N) is 1. The van der Waals surface area contributed by atoms with Crippen molar-refractivity contribution in [2.24, 2.45) is 10.7 Å². The number of hydrogen-bond acceptors (Lipinski definition) is 2. The highest BCUT2D eigenvalue weighted by atomic mass is 16.5. The van der Waals surface area contributed by atoms with Gasteiger partial charge >= 0.3 is 0 Å². The van der Waals surface area contributed by atoms with Crippen LogP contribution in [0.15, 0.2) is 4.99 Å². The van der Waals surface area contributed by atoms with E-state index in [0.29, 0.717) is 12.6 Å². The summed E-state index contributed by atoms with van der Waals surface area (Å²) in [6.45, 7) is 7.67. The average molecular weight is 185 g/mol. The first-order chi connectivity index (χ1) is 5.97. The third-order valence-electron chi connectivity index (χ3n) is 1.73. The van der Waals surface area contributed by atoms with E-state index in [1.165, 1.54) is 0 Å². The quantitative estimate of drug-likeness (QED) is 0.461. The lowest BCUT2D eigenvalue weighted by Gasteiger charge is -2.21. The van der Waals surface area contributed by atoms with Crippen LogP contribution in [0, 0.1) is 0 Å². The maximum Gasteiger partial charge on any atom is 0.189 e. The average Bonchev–Trinajstić information content (AvgIpc) is 2.34. The largest absolute Gasteiger partial charge is 0.379 e. The molecule has 3 N–H and O–H groups in total. The number of ether oxygens (including phenoxy) is 1. The molecule has 13 heavy (non-hydrogen) atoms. The molecule has 0 aromatic heterocycles. The summed E-state index contributed by atoms with van der Waals surface area (Å²) >= 11 is 0. The summed E-state index contributed by atoms with van der Waals surface area (Å²) in [4.78, 5) is 4.32. The van der Waals surface area contributed by atoms with Crippen LogP contribution in [0.2, 0.25) is 0 Å². The summed E-state index contributed by atoms with van der Waals surface area (Å²) in [6, 6.07) is 0.245. The van der Waals surface area contributed by atoms with Crippen LogP contribution in [-0.4, -0.2) is 30.8 Å². The second kappa shape index (κ2) is 3.96. The summed E-state index contributed by atoms with van der Waals surface area (Å²) in [5.74, 6) is 0.517. The number of rotatable bonds is 1. The molecule has 0 aromatic rings. The van der Waals surface area contributed by atoms with Gasteiger partial charge in [0.15, 0.2) is 5.96 Å². The van der Waals surface area contributed by atoms with Gasteiger partial charge in [0.25, 0.3) is 0 Å². The van der Waals surface area contributed by atoms with Crippen molar-refractivity contribution in [3.8, 4) is 0 Å². The smallest absolute Gasteiger partial charge is 0.189 e. The Morgan fingerprint density at radius 2 is 2.23 bits per heavy atom. The molecular weight excluding hydrogens is 166 g/mol. The highest BCUT2D eigenvalue weighted by molar-refractivity contribution is 5.78. The molecule has 1 saturated heterocycles. The number of nitrogens with one attached hydrogen (secondary N) is 1. The van der Waals surface area contributed by atoms with E-state index in [1.807, 2.05) is 0 Å². The van der Waals surface area contributed by atoms with Gasteiger partial charge in [-0.2, -0.15) is 0 Å². The van der Waals surface area contributed by atoms with Crippen LogP contribution in [0.4, 0.5) is 0 Å². The topological polar surface area (TPSA) is 59.6 Å². The van der Waals surface area contributed by atoms with Crippen molar-refractivity contribution in [1.29, 1.82) is 0 Å². The van der Waals surface area contributed by atoms with Crippen LogP contribution in [0.5, 0.6) is 0 Å². The van der Waals surface area contributed by atoms with Crippen LogP contribution in [0.25, 0.3) is 0 Å². The van der Waals surface area contributed by atoms with Crippen LogP contribution in [0.3, 0.4) is 0 Å². The predicted octanol–water partition coefficient (Wildman–Crippen LogP) is 0.478. The van der Waals surface area contributed by atoms with Crippen LogP contribution >= 0.6 is 0 Å². The molecule has 4 heteroatoms. The molecule has 1 atom stereocenters. The molecule has 0 saturated carbocycles. The lowest BCUT2D eigenvalue weighted by atomic mass is 10.1. The van der Waals surface area contributed by atoms with Gasteiger partial charge < -0.3 is 15.8 Å². The fourth-order valence-corrected chi connectivity index (χ4v) is 1.24. The lowest BCUT2D eigenvalue weighted by Crippen LogP contribution is -2.45. The molecule has 76 valence electrons. The molecule has 0 spiro atoms. The Morgan fingerprint density at radius 3 is 2.69 bits per heavy atom. The third kappa shape index (κ3) is 4.12. The van der Waals surface area contributed by atoms with Gasteiger partial charge in [-0.15, -0.1) is 0 Å². The van der Waals surface area contributed by atoms with E-state index in [-0.39, 0.29) is 11.6 Å². The zero-order chi connectivity index (χ0) is 9.90. The number of nitrogens with zero attached hydrogens (tertiary/aromatic N) is 1. The monoisotopic (exact) mass is 185 g/mol. The van der Waals surface area contributed by atoms with E-state index >= 15 is 0 Å². The van der Waals surface area contributed by atoms with Crippen molar-refractivity contribution in [1.82, 2.24) is 5.32 Å². The first-order valence-electron chi connectivity index (χ1n) is 4.66. The molecule has 1 aliphatic rings. The molecule has 1 aliphatic heterocycles. The summed E-state index contributed by atoms with van der Waals surface area (Å²) in [5, 5.41) is 3.12. The Morgan fingerprint density at radius 1 is 1.54 bits per heavy atom. The van der Waals surface area contributed by atoms with E-state index in [1.54, 1.807) is 0 Å². The highest BCUT2D eigenvalue weighted by Crippen LogP contribution is 2.07. The molecule has 1 fully saturated rings. The maximum atomic E-state index is 5.72. The minimum absolute atomic E-state index is 0.0208. The van der Waals surface area contributed by atoms with Crippen molar-refractivity contribution in [2.75, 3.05) is 13.2 Å². The Hall–Kier alpha value is -0.770. The number of aliphatic imine (C=N–C) groups is 1. The van der Waals surface area contributed by atoms with Gasteiger partial charge in [0.05, 0.1) is 12.6 Å². The Bertz CT molecular complexity index is 190. The van der Waals surface area contributed by atoms with E-state index in [0.717, 1.165) is 13.0 Å². The van der Waals surface area contributed by atoms with E-state index in [2.05, 4.69) is 31.1 Å². The molecular formula is C9H19N3O. The Labute approximate surface area is 79.6 Å². The second-order valence-electron chi connectivity index (χ2n) is 4.41. The summed E-state index contributed by atoms with van der Waals surface area (Å²) in [5.41, 5.74) is 5.70. The van der Waals surface area contributed by atoms with Crippen molar-refractivity contribution >= 4 is 5.96 Å². The highest BCUT2D eigenvalue weighted by Gasteiger charge is 2.16. The second-order valence-corrected chi connectivity index (χ2v) is 4.41. The normalized spacial score (nSPS) is 24.8. The van der Waals surface area contributed by atoms with E-state index in [9.17, 15) is 0 Å². The third-order valence-corrected chi connectivity index (χ3v) is 1.73. The van der Waals surface area contributed by atoms with E-state index < -0.39 is 0 Å². The van der Waals surface area contributed by atoms with Crippen molar-refractivity contribution < 1.29 is 4.74 Å². The summed E-state index contributed by atoms with van der Waals surface area (Å²) in [7, 11) is 0. The summed E-state index contributed by atoms with van der Waals surface area (Å²) < 4.78 is 5.20. The zero-order valence-electron chi connectivity index (χ0n) is 8.63. The molecule has 0 aliphatic carbocycles. The molecule has 0 amide bonds. The molecule has 0 bridgehead atoms. The SMILES string of the molecule is CC(C)(C)NC(N)=NC1CCOC1. The molecule has 1 unspecified atom stereocenters. The van der Waals surface area contributed by atoms with Gasteiger partial charge in [-0.1, -0.05) is 0 Å². The van der Waals surface area contributed by atoms with Gasteiger partial charge in [-0.05, 0) is 27.2 Å². The lowest BCUT2D eigenvalue weighted by molar-refractivity contribution is 0.194. The van der Waals surface area contributed by atoms with Crippen molar-refractivity contribution in [2.45, 2.75) is 38.8 Å². The fourth-order valence-electron chi connectivity index (χ4n) is 1.24.